The Bertz CT molecular complexity index is 456. The van der Waals surface area contributed by atoms with Gasteiger partial charge in [-0.3, -0.25) is 14.4 Å². The van der Waals surface area contributed by atoms with E-state index in [-0.39, 0.29) is 11.7 Å². The largest absolute Gasteiger partial charge is 0.480 e. The molecule has 0 aliphatic heterocycles. The Kier molecular flexibility index (Phi) is 9.27. The molecule has 0 aromatic heterocycles. The van der Waals surface area contributed by atoms with E-state index in [9.17, 15) is 19.2 Å². The number of hydrogen-bond acceptors (Lipinski definition) is 6. The smallest absolute Gasteiger partial charge is 0.327 e. The number of thiol groups is 1. The highest BCUT2D eigenvalue weighted by Crippen LogP contribution is 2.02. The molecule has 0 aliphatic rings. The molecule has 0 aromatic rings. The molecule has 0 fully saturated rings. The van der Waals surface area contributed by atoms with Gasteiger partial charge in [-0.1, -0.05) is 13.8 Å². The van der Waals surface area contributed by atoms with Gasteiger partial charge in [-0.25, -0.2) is 4.79 Å². The van der Waals surface area contributed by atoms with Crippen LogP contribution in [-0.4, -0.2) is 59.2 Å². The Morgan fingerprint density at radius 3 is 2.04 bits per heavy atom. The summed E-state index contributed by atoms with van der Waals surface area (Å²) in [7, 11) is 0. The fourth-order valence-electron chi connectivity index (χ4n) is 1.53. The van der Waals surface area contributed by atoms with Crippen LogP contribution in [0.1, 0.15) is 20.8 Å². The minimum atomic E-state index is -1.22. The zero-order valence-corrected chi connectivity index (χ0v) is 14.2. The van der Waals surface area contributed by atoms with Crippen molar-refractivity contribution >= 4 is 36.3 Å². The van der Waals surface area contributed by atoms with Crippen molar-refractivity contribution in [2.45, 2.75) is 38.9 Å². The molecular formula is C13H24N4O5S. The summed E-state index contributed by atoms with van der Waals surface area (Å²) in [5, 5.41) is 15.9. The standard InChI is InChI=1S/C13H24N4O5S/c1-6(2)10(17-11(19)7(3)14)12(20)15-4-9(18)16-8(5-23)13(21)22/h6-8,10,23H,4-5,14H2,1-3H3,(H,15,20)(H,16,18)(H,17,19)(H,21,22). The van der Waals surface area contributed by atoms with Crippen LogP contribution in [0.3, 0.4) is 0 Å². The number of nitrogens with one attached hydrogen (secondary N) is 3. The SMILES string of the molecule is CC(N)C(=O)NC(C(=O)NCC(=O)NC(CS)C(=O)O)C(C)C. The van der Waals surface area contributed by atoms with E-state index in [0.29, 0.717) is 0 Å². The highest BCUT2D eigenvalue weighted by molar-refractivity contribution is 7.80. The summed E-state index contributed by atoms with van der Waals surface area (Å²) in [6, 6.07) is -2.75. The van der Waals surface area contributed by atoms with E-state index in [1.165, 1.54) is 6.92 Å². The number of carbonyl (C=O) groups is 4. The van der Waals surface area contributed by atoms with E-state index in [0.717, 1.165) is 0 Å². The summed E-state index contributed by atoms with van der Waals surface area (Å²) in [6.07, 6.45) is 0. The number of hydrogen-bond donors (Lipinski definition) is 6. The predicted molar refractivity (Wildman–Crippen MR) is 86.8 cm³/mol. The number of rotatable bonds is 9. The van der Waals surface area contributed by atoms with Crippen LogP contribution in [0, 0.1) is 5.92 Å². The molecule has 3 unspecified atom stereocenters. The van der Waals surface area contributed by atoms with E-state index < -0.39 is 48.4 Å². The van der Waals surface area contributed by atoms with Gasteiger partial charge in [-0.05, 0) is 12.8 Å². The van der Waals surface area contributed by atoms with Crippen LogP contribution in [0.4, 0.5) is 0 Å². The summed E-state index contributed by atoms with van der Waals surface area (Å²) < 4.78 is 0. The first-order valence-electron chi connectivity index (χ1n) is 7.06. The topological polar surface area (TPSA) is 151 Å². The van der Waals surface area contributed by atoms with Gasteiger partial charge >= 0.3 is 5.97 Å². The molecule has 132 valence electrons. The molecule has 10 heteroatoms. The molecule has 0 aliphatic carbocycles. The van der Waals surface area contributed by atoms with Crippen molar-refractivity contribution in [3.8, 4) is 0 Å². The highest BCUT2D eigenvalue weighted by Gasteiger charge is 2.26. The number of amides is 3. The summed E-state index contributed by atoms with van der Waals surface area (Å²) in [6.45, 7) is 4.54. The second-order valence-corrected chi connectivity index (χ2v) is 5.74. The Labute approximate surface area is 140 Å². The molecule has 0 saturated carbocycles. The second-order valence-electron chi connectivity index (χ2n) is 5.38. The van der Waals surface area contributed by atoms with Gasteiger partial charge in [0.05, 0.1) is 12.6 Å². The van der Waals surface area contributed by atoms with Gasteiger partial charge < -0.3 is 26.8 Å². The van der Waals surface area contributed by atoms with Gasteiger partial charge in [0.2, 0.25) is 17.7 Å². The molecule has 6 N–H and O–H groups in total. The van der Waals surface area contributed by atoms with Crippen LogP contribution in [-0.2, 0) is 19.2 Å². The van der Waals surface area contributed by atoms with Crippen molar-refractivity contribution in [3.05, 3.63) is 0 Å². The molecule has 3 atom stereocenters. The fourth-order valence-corrected chi connectivity index (χ4v) is 1.78. The second kappa shape index (κ2) is 10.1. The molecule has 0 aromatic carbocycles. The summed E-state index contributed by atoms with van der Waals surface area (Å²) >= 11 is 3.81. The monoisotopic (exact) mass is 348 g/mol. The third-order valence-electron chi connectivity index (χ3n) is 2.90. The Balaban J connectivity index is 4.56. The van der Waals surface area contributed by atoms with Crippen molar-refractivity contribution in [3.63, 3.8) is 0 Å². The van der Waals surface area contributed by atoms with Crippen molar-refractivity contribution < 1.29 is 24.3 Å². The molecule has 0 rings (SSSR count). The zero-order chi connectivity index (χ0) is 18.2. The van der Waals surface area contributed by atoms with Gasteiger partial charge in [-0.15, -0.1) is 0 Å². The molecule has 0 heterocycles. The molecule has 0 spiro atoms. The van der Waals surface area contributed by atoms with Gasteiger partial charge in [0.1, 0.15) is 12.1 Å². The third kappa shape index (κ3) is 7.84. The lowest BCUT2D eigenvalue weighted by Crippen LogP contribution is -2.55. The van der Waals surface area contributed by atoms with Crippen molar-refractivity contribution in [1.29, 1.82) is 0 Å². The van der Waals surface area contributed by atoms with Crippen molar-refractivity contribution in [1.82, 2.24) is 16.0 Å². The van der Waals surface area contributed by atoms with Crippen LogP contribution in [0.5, 0.6) is 0 Å². The minimum Gasteiger partial charge on any atom is -0.480 e. The first-order valence-corrected chi connectivity index (χ1v) is 7.70. The maximum absolute atomic E-state index is 12.1. The Hall–Kier alpha value is -1.81. The molecule has 9 nitrogen and oxygen atoms in total. The van der Waals surface area contributed by atoms with E-state index in [1.807, 2.05) is 0 Å². The van der Waals surface area contributed by atoms with Crippen LogP contribution >= 0.6 is 12.6 Å². The zero-order valence-electron chi connectivity index (χ0n) is 13.3. The number of carboxylic acid groups (broad SMARTS) is 1. The molecule has 3 amide bonds. The van der Waals surface area contributed by atoms with Crippen LogP contribution in [0.2, 0.25) is 0 Å². The maximum atomic E-state index is 12.1. The number of aliphatic carboxylic acids is 1. The number of carbonyl (C=O) groups excluding carboxylic acids is 3. The third-order valence-corrected chi connectivity index (χ3v) is 3.26. The Morgan fingerprint density at radius 2 is 1.65 bits per heavy atom. The first kappa shape index (κ1) is 21.2. The van der Waals surface area contributed by atoms with Gasteiger partial charge in [0.25, 0.3) is 0 Å². The average Bonchev–Trinajstić information content (AvgIpc) is 2.46. The molecule has 0 radical (unpaired) electrons. The summed E-state index contributed by atoms with van der Waals surface area (Å²) in [4.78, 5) is 46.0. The summed E-state index contributed by atoms with van der Waals surface area (Å²) in [5.41, 5.74) is 5.43. The Morgan fingerprint density at radius 1 is 1.09 bits per heavy atom. The normalized spacial score (nSPS) is 14.5. The van der Waals surface area contributed by atoms with Crippen molar-refractivity contribution in [2.24, 2.45) is 11.7 Å². The lowest BCUT2D eigenvalue weighted by molar-refractivity contribution is -0.141. The molecule has 0 saturated heterocycles. The number of carboxylic acids is 1. The van der Waals surface area contributed by atoms with E-state index in [1.54, 1.807) is 13.8 Å². The lowest BCUT2D eigenvalue weighted by Gasteiger charge is -2.22. The first-order chi connectivity index (χ1) is 10.6. The van der Waals surface area contributed by atoms with Gasteiger partial charge in [-0.2, -0.15) is 12.6 Å². The lowest BCUT2D eigenvalue weighted by atomic mass is 10.0. The molecular weight excluding hydrogens is 324 g/mol. The van der Waals surface area contributed by atoms with Gasteiger partial charge in [0, 0.05) is 5.75 Å². The highest BCUT2D eigenvalue weighted by atomic mass is 32.1. The fraction of sp³-hybridized carbons (Fsp3) is 0.692. The summed E-state index contributed by atoms with van der Waals surface area (Å²) in [5.74, 6) is -3.21. The average molecular weight is 348 g/mol. The predicted octanol–water partition coefficient (Wildman–Crippen LogP) is -1.91. The number of nitrogens with two attached hydrogens (primary N) is 1. The van der Waals surface area contributed by atoms with E-state index in [2.05, 4.69) is 28.6 Å². The molecule has 23 heavy (non-hydrogen) atoms. The maximum Gasteiger partial charge on any atom is 0.327 e. The van der Waals surface area contributed by atoms with Crippen LogP contribution < -0.4 is 21.7 Å². The van der Waals surface area contributed by atoms with Gasteiger partial charge in [0.15, 0.2) is 0 Å². The molecule has 0 bridgehead atoms. The van der Waals surface area contributed by atoms with E-state index in [4.69, 9.17) is 10.8 Å². The van der Waals surface area contributed by atoms with Crippen LogP contribution in [0.25, 0.3) is 0 Å². The quantitative estimate of drug-likeness (QED) is 0.268. The van der Waals surface area contributed by atoms with E-state index >= 15 is 0 Å². The van der Waals surface area contributed by atoms with Crippen LogP contribution in [0.15, 0.2) is 0 Å². The van der Waals surface area contributed by atoms with Crippen molar-refractivity contribution in [2.75, 3.05) is 12.3 Å². The minimum absolute atomic E-state index is 0.0753.